The SMILES string of the molecule is Oc1[c]cc(C(F)(F)F)cc1. The quantitative estimate of drug-likeness (QED) is 0.618. The normalized spacial score (nSPS) is 11.5. The summed E-state index contributed by atoms with van der Waals surface area (Å²) >= 11 is 0. The summed E-state index contributed by atoms with van der Waals surface area (Å²) in [4.78, 5) is 0. The second-order valence-electron chi connectivity index (χ2n) is 1.96. The zero-order chi connectivity index (χ0) is 8.48. The van der Waals surface area contributed by atoms with Crippen LogP contribution in [0.3, 0.4) is 0 Å². The van der Waals surface area contributed by atoms with Crippen molar-refractivity contribution in [1.82, 2.24) is 0 Å². The summed E-state index contributed by atoms with van der Waals surface area (Å²) in [6, 6.07) is 4.49. The molecule has 0 aliphatic carbocycles. The molecule has 4 heteroatoms. The summed E-state index contributed by atoms with van der Waals surface area (Å²) in [6.07, 6.45) is -4.36. The van der Waals surface area contributed by atoms with Crippen LogP contribution in [0.15, 0.2) is 18.2 Å². The van der Waals surface area contributed by atoms with Gasteiger partial charge in [0.1, 0.15) is 5.75 Å². The Morgan fingerprint density at radius 2 is 1.91 bits per heavy atom. The van der Waals surface area contributed by atoms with Crippen LogP contribution < -0.4 is 0 Å². The van der Waals surface area contributed by atoms with Crippen LogP contribution in [-0.4, -0.2) is 5.11 Å². The van der Waals surface area contributed by atoms with Gasteiger partial charge >= 0.3 is 6.18 Å². The molecule has 0 saturated carbocycles. The van der Waals surface area contributed by atoms with Crippen LogP contribution in [0.25, 0.3) is 0 Å². The molecule has 1 aromatic rings. The fourth-order valence-corrected chi connectivity index (χ4v) is 0.593. The van der Waals surface area contributed by atoms with E-state index in [0.29, 0.717) is 6.07 Å². The fourth-order valence-electron chi connectivity index (χ4n) is 0.593. The van der Waals surface area contributed by atoms with E-state index < -0.39 is 11.7 Å². The standard InChI is InChI=1S/C7H4F3O/c8-7(9,10)5-1-3-6(11)4-2-5/h1-3,11H. The number of hydrogen-bond acceptors (Lipinski definition) is 1. The van der Waals surface area contributed by atoms with Crippen molar-refractivity contribution in [3.63, 3.8) is 0 Å². The molecule has 1 rings (SSSR count). The molecular weight excluding hydrogens is 157 g/mol. The zero-order valence-electron chi connectivity index (χ0n) is 5.31. The van der Waals surface area contributed by atoms with Gasteiger partial charge in [0.15, 0.2) is 0 Å². The highest BCUT2D eigenvalue weighted by Crippen LogP contribution is 2.29. The molecular formula is C7H4F3O. The number of halogens is 3. The second-order valence-corrected chi connectivity index (χ2v) is 1.96. The largest absolute Gasteiger partial charge is 0.507 e. The molecule has 0 aliphatic heterocycles. The van der Waals surface area contributed by atoms with E-state index in [9.17, 15) is 13.2 Å². The molecule has 0 saturated heterocycles. The summed E-state index contributed by atoms with van der Waals surface area (Å²) in [7, 11) is 0. The Balaban J connectivity index is 2.99. The van der Waals surface area contributed by atoms with Gasteiger partial charge in [-0.25, -0.2) is 0 Å². The Labute approximate surface area is 61.1 Å². The molecule has 0 atom stereocenters. The van der Waals surface area contributed by atoms with Gasteiger partial charge in [-0.1, -0.05) is 0 Å². The predicted molar refractivity (Wildman–Crippen MR) is 31.9 cm³/mol. The van der Waals surface area contributed by atoms with Gasteiger partial charge in [0, 0.05) is 6.07 Å². The summed E-state index contributed by atoms with van der Waals surface area (Å²) in [5, 5.41) is 8.60. The Hall–Kier alpha value is -1.19. The number of phenolic OH excluding ortho intramolecular Hbond substituents is 1. The van der Waals surface area contributed by atoms with E-state index in [2.05, 4.69) is 0 Å². The minimum atomic E-state index is -4.36. The molecule has 11 heavy (non-hydrogen) atoms. The van der Waals surface area contributed by atoms with E-state index >= 15 is 0 Å². The summed E-state index contributed by atoms with van der Waals surface area (Å²) in [5.74, 6) is -0.294. The molecule has 0 heterocycles. The third-order valence-electron chi connectivity index (χ3n) is 1.12. The van der Waals surface area contributed by atoms with Crippen molar-refractivity contribution in [2.24, 2.45) is 0 Å². The Kier molecular flexibility index (Phi) is 1.76. The van der Waals surface area contributed by atoms with Gasteiger partial charge in [0.25, 0.3) is 0 Å². The molecule has 1 radical (unpaired) electrons. The molecule has 0 aromatic heterocycles. The maximum absolute atomic E-state index is 11.8. The minimum absolute atomic E-state index is 0.294. The lowest BCUT2D eigenvalue weighted by Crippen LogP contribution is -2.03. The summed E-state index contributed by atoms with van der Waals surface area (Å²) < 4.78 is 35.5. The van der Waals surface area contributed by atoms with E-state index in [4.69, 9.17) is 5.11 Å². The van der Waals surface area contributed by atoms with Gasteiger partial charge in [0.2, 0.25) is 0 Å². The van der Waals surface area contributed by atoms with E-state index in [1.54, 1.807) is 0 Å². The Morgan fingerprint density at radius 3 is 2.27 bits per heavy atom. The molecule has 1 nitrogen and oxygen atoms in total. The second kappa shape index (κ2) is 2.45. The Bertz CT molecular complexity index is 237. The molecule has 0 aliphatic rings. The number of rotatable bonds is 0. The monoisotopic (exact) mass is 161 g/mol. The van der Waals surface area contributed by atoms with Crippen molar-refractivity contribution in [3.05, 3.63) is 29.8 Å². The summed E-state index contributed by atoms with van der Waals surface area (Å²) in [6.45, 7) is 0. The average Bonchev–Trinajstić information content (AvgIpc) is 1.86. The number of phenols is 1. The first-order valence-electron chi connectivity index (χ1n) is 2.78. The molecule has 59 valence electrons. The third-order valence-corrected chi connectivity index (χ3v) is 1.12. The van der Waals surface area contributed by atoms with Crippen LogP contribution in [0.4, 0.5) is 13.2 Å². The van der Waals surface area contributed by atoms with Crippen LogP contribution in [0.2, 0.25) is 0 Å². The van der Waals surface area contributed by atoms with Crippen molar-refractivity contribution in [2.45, 2.75) is 6.18 Å². The van der Waals surface area contributed by atoms with E-state index in [1.165, 1.54) is 0 Å². The van der Waals surface area contributed by atoms with Crippen LogP contribution in [0.1, 0.15) is 5.56 Å². The fraction of sp³-hybridized carbons (Fsp3) is 0.143. The van der Waals surface area contributed by atoms with Gasteiger partial charge in [-0.05, 0) is 18.2 Å². The van der Waals surface area contributed by atoms with E-state index in [1.807, 2.05) is 6.07 Å². The lowest BCUT2D eigenvalue weighted by Gasteiger charge is -2.04. The van der Waals surface area contributed by atoms with Gasteiger partial charge in [0.05, 0.1) is 5.56 Å². The van der Waals surface area contributed by atoms with E-state index in [0.717, 1.165) is 12.1 Å². The lowest BCUT2D eigenvalue weighted by atomic mass is 10.2. The van der Waals surface area contributed by atoms with Crippen molar-refractivity contribution >= 4 is 0 Å². The maximum Gasteiger partial charge on any atom is 0.416 e. The molecule has 0 amide bonds. The topological polar surface area (TPSA) is 20.2 Å². The predicted octanol–water partition coefficient (Wildman–Crippen LogP) is 2.21. The van der Waals surface area contributed by atoms with Crippen molar-refractivity contribution in [2.75, 3.05) is 0 Å². The number of alkyl halides is 3. The van der Waals surface area contributed by atoms with Gasteiger partial charge in [-0.15, -0.1) is 0 Å². The highest BCUT2D eigenvalue weighted by molar-refractivity contribution is 5.26. The van der Waals surface area contributed by atoms with Gasteiger partial charge in [-0.2, -0.15) is 13.2 Å². The Morgan fingerprint density at radius 1 is 1.27 bits per heavy atom. The lowest BCUT2D eigenvalue weighted by molar-refractivity contribution is -0.137. The van der Waals surface area contributed by atoms with Crippen molar-refractivity contribution in [1.29, 1.82) is 0 Å². The smallest absolute Gasteiger partial charge is 0.416 e. The first-order valence-corrected chi connectivity index (χ1v) is 2.78. The highest BCUT2D eigenvalue weighted by Gasteiger charge is 2.29. The average molecular weight is 161 g/mol. The van der Waals surface area contributed by atoms with Gasteiger partial charge < -0.3 is 5.11 Å². The molecule has 1 N–H and O–H groups in total. The number of benzene rings is 1. The van der Waals surface area contributed by atoms with Crippen LogP contribution in [-0.2, 0) is 6.18 Å². The molecule has 1 aromatic carbocycles. The first kappa shape index (κ1) is 7.91. The van der Waals surface area contributed by atoms with Crippen molar-refractivity contribution < 1.29 is 18.3 Å². The molecule has 0 fully saturated rings. The van der Waals surface area contributed by atoms with Crippen molar-refractivity contribution in [3.8, 4) is 5.75 Å². The maximum atomic E-state index is 11.8. The van der Waals surface area contributed by atoms with Crippen LogP contribution >= 0.6 is 0 Å². The van der Waals surface area contributed by atoms with E-state index in [-0.39, 0.29) is 5.75 Å². The van der Waals surface area contributed by atoms with Gasteiger partial charge in [-0.3, -0.25) is 0 Å². The highest BCUT2D eigenvalue weighted by atomic mass is 19.4. The van der Waals surface area contributed by atoms with Crippen LogP contribution in [0, 0.1) is 6.07 Å². The molecule has 0 unspecified atom stereocenters. The number of hydrogen-bond donors (Lipinski definition) is 1. The number of aromatic hydroxyl groups is 1. The summed E-state index contributed by atoms with van der Waals surface area (Å²) in [5.41, 5.74) is -0.810. The zero-order valence-corrected chi connectivity index (χ0v) is 5.31. The molecule has 0 spiro atoms. The van der Waals surface area contributed by atoms with Crippen LogP contribution in [0.5, 0.6) is 5.75 Å². The minimum Gasteiger partial charge on any atom is -0.507 e. The third kappa shape index (κ3) is 1.86. The first-order chi connectivity index (χ1) is 5.00. The molecule has 0 bridgehead atoms.